The van der Waals surface area contributed by atoms with E-state index in [4.69, 9.17) is 4.74 Å². The predicted molar refractivity (Wildman–Crippen MR) is 65.2 cm³/mol. The van der Waals surface area contributed by atoms with E-state index in [2.05, 4.69) is 15.9 Å². The van der Waals surface area contributed by atoms with Gasteiger partial charge in [-0.25, -0.2) is 0 Å². The molecule has 0 N–H and O–H groups in total. The number of nitrogens with zero attached hydrogens (tertiary/aromatic N) is 1. The average molecular weight is 300 g/mol. The van der Waals surface area contributed by atoms with Crippen molar-refractivity contribution >= 4 is 33.0 Å². The highest BCUT2D eigenvalue weighted by atomic mass is 79.9. The number of nitro groups is 1. The number of para-hydroxylation sites is 1. The molecule has 0 saturated heterocycles. The minimum atomic E-state index is -0.459. The summed E-state index contributed by atoms with van der Waals surface area (Å²) in [5.74, 6) is 0.583. The van der Waals surface area contributed by atoms with Crippen LogP contribution in [-0.4, -0.2) is 4.92 Å². The van der Waals surface area contributed by atoms with Gasteiger partial charge >= 0.3 is 5.69 Å². The summed E-state index contributed by atoms with van der Waals surface area (Å²) in [6.45, 7) is 0. The van der Waals surface area contributed by atoms with Crippen LogP contribution in [0.5, 0.6) is 10.8 Å². The Hall–Kier alpha value is -1.40. The highest BCUT2D eigenvalue weighted by Crippen LogP contribution is 2.41. The zero-order valence-electron chi connectivity index (χ0n) is 7.92. The number of halogens is 1. The lowest BCUT2D eigenvalue weighted by Crippen LogP contribution is -1.88. The van der Waals surface area contributed by atoms with Crippen LogP contribution >= 0.6 is 27.3 Å². The smallest absolute Gasteiger partial charge is 0.324 e. The average Bonchev–Trinajstić information content (AvgIpc) is 2.61. The van der Waals surface area contributed by atoms with Crippen LogP contribution in [0.1, 0.15) is 0 Å². The quantitative estimate of drug-likeness (QED) is 0.630. The molecular formula is C10H6BrNO3S. The Kier molecular flexibility index (Phi) is 3.21. The molecule has 16 heavy (non-hydrogen) atoms. The van der Waals surface area contributed by atoms with Crippen molar-refractivity contribution in [3.05, 3.63) is 50.3 Å². The summed E-state index contributed by atoms with van der Waals surface area (Å²) in [6.07, 6.45) is 0. The van der Waals surface area contributed by atoms with Gasteiger partial charge in [-0.05, 0) is 28.1 Å². The van der Waals surface area contributed by atoms with E-state index < -0.39 is 4.92 Å². The topological polar surface area (TPSA) is 52.4 Å². The molecule has 0 spiro atoms. The van der Waals surface area contributed by atoms with Gasteiger partial charge in [0.2, 0.25) is 0 Å². The fourth-order valence-electron chi connectivity index (χ4n) is 1.13. The van der Waals surface area contributed by atoms with Gasteiger partial charge in [-0.2, -0.15) is 0 Å². The van der Waals surface area contributed by atoms with Crippen LogP contribution in [0.4, 0.5) is 5.69 Å². The molecule has 0 radical (unpaired) electrons. The van der Waals surface area contributed by atoms with Gasteiger partial charge in [-0.15, -0.1) is 0 Å². The Balaban J connectivity index is 2.31. The van der Waals surface area contributed by atoms with Gasteiger partial charge in [0.15, 0.2) is 0 Å². The summed E-state index contributed by atoms with van der Waals surface area (Å²) in [5, 5.41) is 11.0. The number of hydrogen-bond acceptors (Lipinski definition) is 4. The van der Waals surface area contributed by atoms with Crippen LogP contribution < -0.4 is 4.74 Å². The van der Waals surface area contributed by atoms with E-state index in [0.717, 1.165) is 0 Å². The maximum Gasteiger partial charge on any atom is 0.324 e. The number of hydrogen-bond donors (Lipinski definition) is 0. The van der Waals surface area contributed by atoms with Crippen molar-refractivity contribution < 1.29 is 9.66 Å². The SMILES string of the molecule is O=[N+]([O-])c1cc(Br)sc1Oc1ccccc1. The Morgan fingerprint density at radius 1 is 1.31 bits per heavy atom. The molecule has 1 heterocycles. The summed E-state index contributed by atoms with van der Waals surface area (Å²) in [7, 11) is 0. The van der Waals surface area contributed by atoms with Crippen LogP contribution in [0.15, 0.2) is 40.2 Å². The molecule has 1 aromatic carbocycles. The molecule has 2 rings (SSSR count). The van der Waals surface area contributed by atoms with Gasteiger partial charge in [0.05, 0.1) is 8.71 Å². The lowest BCUT2D eigenvalue weighted by Gasteiger charge is -2.01. The Morgan fingerprint density at radius 3 is 2.62 bits per heavy atom. The molecule has 82 valence electrons. The van der Waals surface area contributed by atoms with E-state index in [-0.39, 0.29) is 10.8 Å². The Labute approximate surface area is 104 Å². The molecule has 0 aliphatic heterocycles. The minimum absolute atomic E-state index is 0.0271. The molecule has 2 aromatic rings. The fourth-order valence-corrected chi connectivity index (χ4v) is 2.51. The van der Waals surface area contributed by atoms with E-state index in [1.807, 2.05) is 18.2 Å². The van der Waals surface area contributed by atoms with Crippen molar-refractivity contribution in [2.24, 2.45) is 0 Å². The number of thiophene rings is 1. The van der Waals surface area contributed by atoms with Crippen LogP contribution in [0, 0.1) is 10.1 Å². The number of rotatable bonds is 3. The van der Waals surface area contributed by atoms with Gasteiger partial charge in [0.1, 0.15) is 5.75 Å². The largest absolute Gasteiger partial charge is 0.440 e. The minimum Gasteiger partial charge on any atom is -0.440 e. The third kappa shape index (κ3) is 2.40. The molecule has 1 aromatic heterocycles. The maximum absolute atomic E-state index is 10.7. The standard InChI is InChI=1S/C10H6BrNO3S/c11-9-6-8(12(13)14)10(16-9)15-7-4-2-1-3-5-7/h1-6H. The summed E-state index contributed by atoms with van der Waals surface area (Å²) >= 11 is 4.39. The number of ether oxygens (including phenoxy) is 1. The Bertz CT molecular complexity index is 512. The highest BCUT2D eigenvalue weighted by molar-refractivity contribution is 9.11. The molecule has 0 aliphatic carbocycles. The van der Waals surface area contributed by atoms with Gasteiger partial charge < -0.3 is 4.74 Å². The second-order valence-corrected chi connectivity index (χ2v) is 5.29. The van der Waals surface area contributed by atoms with Crippen LogP contribution in [0.25, 0.3) is 0 Å². The lowest BCUT2D eigenvalue weighted by atomic mass is 10.3. The molecular weight excluding hydrogens is 294 g/mol. The van der Waals surface area contributed by atoms with Crippen LogP contribution in [0.3, 0.4) is 0 Å². The van der Waals surface area contributed by atoms with Crippen molar-refractivity contribution in [1.82, 2.24) is 0 Å². The zero-order chi connectivity index (χ0) is 11.5. The molecule has 0 atom stereocenters. The van der Waals surface area contributed by atoms with Gasteiger partial charge in [-0.3, -0.25) is 10.1 Å². The van der Waals surface area contributed by atoms with E-state index in [1.165, 1.54) is 17.4 Å². The molecule has 0 aliphatic rings. The van der Waals surface area contributed by atoms with Gasteiger partial charge in [0.25, 0.3) is 5.06 Å². The monoisotopic (exact) mass is 299 g/mol. The molecule has 0 unspecified atom stereocenters. The van der Waals surface area contributed by atoms with Crippen molar-refractivity contribution in [1.29, 1.82) is 0 Å². The molecule has 0 amide bonds. The number of benzene rings is 1. The Morgan fingerprint density at radius 2 is 2.00 bits per heavy atom. The van der Waals surface area contributed by atoms with Crippen molar-refractivity contribution in [2.45, 2.75) is 0 Å². The lowest BCUT2D eigenvalue weighted by molar-refractivity contribution is -0.385. The second kappa shape index (κ2) is 4.63. The summed E-state index contributed by atoms with van der Waals surface area (Å²) in [4.78, 5) is 10.3. The maximum atomic E-state index is 10.7. The predicted octanol–water partition coefficient (Wildman–Crippen LogP) is 4.21. The zero-order valence-corrected chi connectivity index (χ0v) is 10.3. The van der Waals surface area contributed by atoms with E-state index >= 15 is 0 Å². The van der Waals surface area contributed by atoms with Gasteiger partial charge in [0, 0.05) is 6.07 Å². The molecule has 4 nitrogen and oxygen atoms in total. The van der Waals surface area contributed by atoms with Crippen LogP contribution in [-0.2, 0) is 0 Å². The summed E-state index contributed by atoms with van der Waals surface area (Å²) in [5.41, 5.74) is -0.0271. The van der Waals surface area contributed by atoms with Crippen molar-refractivity contribution in [3.8, 4) is 10.8 Å². The first kappa shape index (κ1) is 11.1. The molecule has 0 saturated carbocycles. The summed E-state index contributed by atoms with van der Waals surface area (Å²) < 4.78 is 6.11. The second-order valence-electron chi connectivity index (χ2n) is 2.90. The first-order valence-corrected chi connectivity index (χ1v) is 5.94. The fraction of sp³-hybridized carbons (Fsp3) is 0. The third-order valence-electron chi connectivity index (χ3n) is 1.80. The van der Waals surface area contributed by atoms with Crippen molar-refractivity contribution in [3.63, 3.8) is 0 Å². The highest BCUT2D eigenvalue weighted by Gasteiger charge is 2.20. The summed E-state index contributed by atoms with van der Waals surface area (Å²) in [6, 6.07) is 10.4. The normalized spacial score (nSPS) is 10.1. The van der Waals surface area contributed by atoms with E-state index in [1.54, 1.807) is 12.1 Å². The van der Waals surface area contributed by atoms with E-state index in [0.29, 0.717) is 9.54 Å². The van der Waals surface area contributed by atoms with Crippen molar-refractivity contribution in [2.75, 3.05) is 0 Å². The third-order valence-corrected chi connectivity index (χ3v) is 3.31. The molecule has 0 fully saturated rings. The molecule has 0 bridgehead atoms. The van der Waals surface area contributed by atoms with Gasteiger partial charge in [-0.1, -0.05) is 29.5 Å². The van der Waals surface area contributed by atoms with Crippen LogP contribution in [0.2, 0.25) is 0 Å². The first-order valence-electron chi connectivity index (χ1n) is 4.33. The molecule has 6 heteroatoms. The van der Waals surface area contributed by atoms with E-state index in [9.17, 15) is 10.1 Å². The first-order chi connectivity index (χ1) is 7.66.